The van der Waals surface area contributed by atoms with Gasteiger partial charge in [0, 0.05) is 19.3 Å². The summed E-state index contributed by atoms with van der Waals surface area (Å²) in [6, 6.07) is 4.00. The summed E-state index contributed by atoms with van der Waals surface area (Å²) in [6.07, 6.45) is 2.96. The predicted octanol–water partition coefficient (Wildman–Crippen LogP) is 2.20. The first-order chi connectivity index (χ1) is 8.09. The van der Waals surface area contributed by atoms with Crippen LogP contribution in [0.2, 0.25) is 0 Å². The number of rotatable bonds is 2. The van der Waals surface area contributed by atoms with Crippen molar-refractivity contribution in [1.29, 1.82) is 0 Å². The molecule has 2 rings (SSSR count). The second-order valence-electron chi connectivity index (χ2n) is 4.92. The van der Waals surface area contributed by atoms with E-state index < -0.39 is 0 Å². The number of hydrogen-bond donors (Lipinski definition) is 1. The number of nitrogens with zero attached hydrogens (tertiary/aromatic N) is 2. The van der Waals surface area contributed by atoms with E-state index in [1.54, 1.807) is 6.20 Å². The van der Waals surface area contributed by atoms with Crippen LogP contribution in [0.4, 0.5) is 5.69 Å². The third kappa shape index (κ3) is 2.57. The summed E-state index contributed by atoms with van der Waals surface area (Å²) in [4.78, 5) is 7.02. The van der Waals surface area contributed by atoms with Crippen LogP contribution in [0.15, 0.2) is 18.3 Å². The highest BCUT2D eigenvalue weighted by Crippen LogP contribution is 2.28. The van der Waals surface area contributed by atoms with Crippen molar-refractivity contribution in [2.24, 2.45) is 17.6 Å². The molecule has 1 aromatic heterocycles. The van der Waals surface area contributed by atoms with Gasteiger partial charge in [0.2, 0.25) is 0 Å². The van der Waals surface area contributed by atoms with Crippen LogP contribution in [0.25, 0.3) is 0 Å². The quantitative estimate of drug-likeness (QED) is 0.816. The van der Waals surface area contributed by atoms with Crippen molar-refractivity contribution in [2.75, 3.05) is 18.0 Å². The number of aromatic nitrogens is 1. The Balaban J connectivity index is 2.25. The summed E-state index contributed by atoms with van der Waals surface area (Å²) in [5, 5.41) is 0. The first-order valence-electron chi connectivity index (χ1n) is 6.09. The van der Waals surface area contributed by atoms with Crippen molar-refractivity contribution >= 4 is 22.9 Å². The summed E-state index contributed by atoms with van der Waals surface area (Å²) in [5.41, 5.74) is 7.56. The van der Waals surface area contributed by atoms with E-state index in [9.17, 15) is 0 Å². The van der Waals surface area contributed by atoms with Gasteiger partial charge < -0.3 is 10.6 Å². The molecule has 0 saturated carbocycles. The average molecular weight is 249 g/mol. The molecule has 1 saturated heterocycles. The van der Waals surface area contributed by atoms with Gasteiger partial charge in [0.25, 0.3) is 0 Å². The molecular weight excluding hydrogens is 230 g/mol. The predicted molar refractivity (Wildman–Crippen MR) is 75.3 cm³/mol. The Hall–Kier alpha value is -1.16. The molecule has 3 nitrogen and oxygen atoms in total. The van der Waals surface area contributed by atoms with Crippen LogP contribution in [0.3, 0.4) is 0 Å². The fraction of sp³-hybridized carbons (Fsp3) is 0.538. The van der Waals surface area contributed by atoms with Crippen molar-refractivity contribution in [3.63, 3.8) is 0 Å². The maximum absolute atomic E-state index is 5.73. The molecule has 0 aromatic carbocycles. The van der Waals surface area contributed by atoms with E-state index in [-0.39, 0.29) is 0 Å². The Bertz CT molecular complexity index is 419. The third-order valence-electron chi connectivity index (χ3n) is 3.69. The smallest absolute Gasteiger partial charge is 0.124 e. The van der Waals surface area contributed by atoms with Crippen molar-refractivity contribution < 1.29 is 0 Å². The van der Waals surface area contributed by atoms with Gasteiger partial charge in [-0.2, -0.15) is 0 Å². The molecule has 92 valence electrons. The topological polar surface area (TPSA) is 42.2 Å². The fourth-order valence-electron chi connectivity index (χ4n) is 2.32. The van der Waals surface area contributed by atoms with Gasteiger partial charge in [-0.05, 0) is 30.4 Å². The lowest BCUT2D eigenvalue weighted by molar-refractivity contribution is 0.324. The summed E-state index contributed by atoms with van der Waals surface area (Å²) >= 11 is 5.06. The van der Waals surface area contributed by atoms with E-state index in [1.807, 2.05) is 6.07 Å². The lowest BCUT2D eigenvalue weighted by Gasteiger charge is -2.37. The van der Waals surface area contributed by atoms with Gasteiger partial charge in [0.05, 0.1) is 5.69 Å². The Morgan fingerprint density at radius 2 is 2.24 bits per heavy atom. The minimum absolute atomic E-state index is 0.381. The van der Waals surface area contributed by atoms with Gasteiger partial charge in [-0.25, -0.2) is 0 Å². The SMILES string of the molecule is CC1CCN(c2cccnc2C(N)=S)CC1C. The zero-order valence-electron chi connectivity index (χ0n) is 10.4. The highest BCUT2D eigenvalue weighted by molar-refractivity contribution is 7.80. The van der Waals surface area contributed by atoms with Crippen LogP contribution in [0, 0.1) is 11.8 Å². The van der Waals surface area contributed by atoms with Gasteiger partial charge in [0.15, 0.2) is 0 Å². The third-order valence-corrected chi connectivity index (χ3v) is 3.89. The molecule has 1 aromatic rings. The molecule has 1 fully saturated rings. The molecule has 17 heavy (non-hydrogen) atoms. The molecule has 0 amide bonds. The molecule has 0 aliphatic carbocycles. The summed E-state index contributed by atoms with van der Waals surface area (Å²) in [6.45, 7) is 6.74. The molecular formula is C13H19N3S. The molecule has 1 aliphatic rings. The number of nitrogens with two attached hydrogens (primary N) is 1. The minimum Gasteiger partial charge on any atom is -0.388 e. The second kappa shape index (κ2) is 5.00. The Kier molecular flexibility index (Phi) is 3.62. The zero-order valence-corrected chi connectivity index (χ0v) is 11.2. The lowest BCUT2D eigenvalue weighted by Crippen LogP contribution is -2.39. The molecule has 1 aliphatic heterocycles. The van der Waals surface area contributed by atoms with Gasteiger partial charge in [-0.1, -0.05) is 26.1 Å². The molecule has 2 heterocycles. The van der Waals surface area contributed by atoms with E-state index in [0.717, 1.165) is 30.4 Å². The van der Waals surface area contributed by atoms with Crippen LogP contribution in [-0.4, -0.2) is 23.1 Å². The zero-order chi connectivity index (χ0) is 12.4. The summed E-state index contributed by atoms with van der Waals surface area (Å²) < 4.78 is 0. The van der Waals surface area contributed by atoms with Gasteiger partial charge in [-0.15, -0.1) is 0 Å². The first kappa shape index (κ1) is 12.3. The van der Waals surface area contributed by atoms with Crippen molar-refractivity contribution in [1.82, 2.24) is 4.98 Å². The largest absolute Gasteiger partial charge is 0.388 e. The molecule has 0 spiro atoms. The number of hydrogen-bond acceptors (Lipinski definition) is 3. The summed E-state index contributed by atoms with van der Waals surface area (Å²) in [7, 11) is 0. The number of thiocarbonyl (C=S) groups is 1. The van der Waals surface area contributed by atoms with E-state index in [0.29, 0.717) is 10.9 Å². The average Bonchev–Trinajstić information content (AvgIpc) is 2.32. The lowest BCUT2D eigenvalue weighted by atomic mass is 9.88. The van der Waals surface area contributed by atoms with E-state index in [4.69, 9.17) is 18.0 Å². The normalized spacial score (nSPS) is 24.7. The van der Waals surface area contributed by atoms with Gasteiger partial charge >= 0.3 is 0 Å². The summed E-state index contributed by atoms with van der Waals surface area (Å²) in [5.74, 6) is 1.49. The van der Waals surface area contributed by atoms with Crippen LogP contribution in [-0.2, 0) is 0 Å². The second-order valence-corrected chi connectivity index (χ2v) is 5.36. The Morgan fingerprint density at radius 3 is 2.88 bits per heavy atom. The van der Waals surface area contributed by atoms with Crippen molar-refractivity contribution in [3.8, 4) is 0 Å². The highest BCUT2D eigenvalue weighted by Gasteiger charge is 2.24. The molecule has 0 radical (unpaired) electrons. The maximum atomic E-state index is 5.73. The number of anilines is 1. The molecule has 2 atom stereocenters. The number of piperidine rings is 1. The molecule has 2 N–H and O–H groups in total. The van der Waals surface area contributed by atoms with Crippen LogP contribution < -0.4 is 10.6 Å². The van der Waals surface area contributed by atoms with Crippen molar-refractivity contribution in [2.45, 2.75) is 20.3 Å². The Labute approximate surface area is 108 Å². The minimum atomic E-state index is 0.381. The monoisotopic (exact) mass is 249 g/mol. The fourth-order valence-corrected chi connectivity index (χ4v) is 2.48. The standard InChI is InChI=1S/C13H19N3S/c1-9-5-7-16(8-10(9)2)11-4-3-6-15-12(11)13(14)17/h3-4,6,9-10H,5,7-8H2,1-2H3,(H2,14,17). The Morgan fingerprint density at radius 1 is 1.47 bits per heavy atom. The van der Waals surface area contributed by atoms with Gasteiger partial charge in [-0.3, -0.25) is 4.98 Å². The van der Waals surface area contributed by atoms with E-state index >= 15 is 0 Å². The maximum Gasteiger partial charge on any atom is 0.124 e. The van der Waals surface area contributed by atoms with E-state index in [2.05, 4.69) is 29.8 Å². The van der Waals surface area contributed by atoms with E-state index in [1.165, 1.54) is 6.42 Å². The number of pyridine rings is 1. The molecule has 2 unspecified atom stereocenters. The van der Waals surface area contributed by atoms with Crippen LogP contribution in [0.1, 0.15) is 26.0 Å². The van der Waals surface area contributed by atoms with Crippen LogP contribution >= 0.6 is 12.2 Å². The molecule has 4 heteroatoms. The van der Waals surface area contributed by atoms with Crippen molar-refractivity contribution in [3.05, 3.63) is 24.0 Å². The highest BCUT2D eigenvalue weighted by atomic mass is 32.1. The van der Waals surface area contributed by atoms with Gasteiger partial charge in [0.1, 0.15) is 10.7 Å². The molecule has 0 bridgehead atoms. The van der Waals surface area contributed by atoms with Crippen LogP contribution in [0.5, 0.6) is 0 Å². The first-order valence-corrected chi connectivity index (χ1v) is 6.50.